The summed E-state index contributed by atoms with van der Waals surface area (Å²) < 4.78 is 10.7. The number of carboxylic acids is 1. The predicted octanol–water partition coefficient (Wildman–Crippen LogP) is 1.63. The van der Waals surface area contributed by atoms with Crippen LogP contribution in [0.1, 0.15) is 18.7 Å². The molecule has 2 aromatic rings. The normalized spacial score (nSPS) is 14.8. The molecule has 0 atom stereocenters. The summed E-state index contributed by atoms with van der Waals surface area (Å²) in [6.45, 7) is 1.08. The number of rotatable bonds is 7. The minimum absolute atomic E-state index is 0.0189. The van der Waals surface area contributed by atoms with Gasteiger partial charge in [-0.15, -0.1) is 10.2 Å². The number of nitrogens with zero attached hydrogens (tertiary/aromatic N) is 3. The van der Waals surface area contributed by atoms with Crippen molar-refractivity contribution in [3.63, 3.8) is 0 Å². The van der Waals surface area contributed by atoms with Crippen molar-refractivity contribution < 1.29 is 18.7 Å². The summed E-state index contributed by atoms with van der Waals surface area (Å²) in [5.74, 6) is 0.971. The fourth-order valence-corrected chi connectivity index (χ4v) is 2.05. The van der Waals surface area contributed by atoms with Gasteiger partial charge in [-0.05, 0) is 30.9 Å². The van der Waals surface area contributed by atoms with Crippen LogP contribution in [0.15, 0.2) is 27.2 Å². The van der Waals surface area contributed by atoms with Gasteiger partial charge in [0.2, 0.25) is 5.89 Å². The average Bonchev–Trinajstić information content (AvgIpc) is 2.91. The summed E-state index contributed by atoms with van der Waals surface area (Å²) in [6, 6.07) is 3.47. The van der Waals surface area contributed by atoms with Crippen LogP contribution in [-0.2, 0) is 11.3 Å². The van der Waals surface area contributed by atoms with Gasteiger partial charge in [0.25, 0.3) is 5.89 Å². The average molecular weight is 277 g/mol. The molecule has 1 aliphatic rings. The number of aromatic nitrogens is 2. The van der Waals surface area contributed by atoms with Crippen LogP contribution in [0.5, 0.6) is 0 Å². The first-order chi connectivity index (χ1) is 9.70. The maximum Gasteiger partial charge on any atom is 0.317 e. The molecule has 7 nitrogen and oxygen atoms in total. The SMILES string of the molecule is O=C(O)CN(Cc1nnc(-c2ccco2)o1)CC1CC1. The van der Waals surface area contributed by atoms with E-state index in [-0.39, 0.29) is 6.54 Å². The van der Waals surface area contributed by atoms with E-state index in [0.717, 1.165) is 19.4 Å². The minimum atomic E-state index is -0.851. The standard InChI is InChI=1S/C13H15N3O4/c17-12(18)8-16(6-9-3-4-9)7-11-14-15-13(20-11)10-2-1-5-19-10/h1-2,5,9H,3-4,6-8H2,(H,17,18). The molecular weight excluding hydrogens is 262 g/mol. The number of aliphatic carboxylic acids is 1. The summed E-state index contributed by atoms with van der Waals surface area (Å²) in [7, 11) is 0. The highest BCUT2D eigenvalue weighted by molar-refractivity contribution is 5.69. The molecule has 0 aliphatic heterocycles. The Balaban J connectivity index is 1.66. The first-order valence-electron chi connectivity index (χ1n) is 6.51. The van der Waals surface area contributed by atoms with E-state index < -0.39 is 5.97 Å². The maximum atomic E-state index is 10.9. The van der Waals surface area contributed by atoms with Crippen molar-refractivity contribution in [1.82, 2.24) is 15.1 Å². The van der Waals surface area contributed by atoms with Gasteiger partial charge in [0, 0.05) is 6.54 Å². The zero-order valence-electron chi connectivity index (χ0n) is 10.9. The highest BCUT2D eigenvalue weighted by Gasteiger charge is 2.26. The van der Waals surface area contributed by atoms with Crippen molar-refractivity contribution in [3.05, 3.63) is 24.3 Å². The molecule has 1 N–H and O–H groups in total. The molecule has 20 heavy (non-hydrogen) atoms. The highest BCUT2D eigenvalue weighted by Crippen LogP contribution is 2.30. The van der Waals surface area contributed by atoms with Crippen LogP contribution in [0, 0.1) is 5.92 Å². The second-order valence-electron chi connectivity index (χ2n) is 4.98. The summed E-state index contributed by atoms with van der Waals surface area (Å²) in [6.07, 6.45) is 3.86. The van der Waals surface area contributed by atoms with Crippen LogP contribution < -0.4 is 0 Å². The van der Waals surface area contributed by atoms with Gasteiger partial charge < -0.3 is 13.9 Å². The Morgan fingerprint density at radius 3 is 2.95 bits per heavy atom. The second-order valence-corrected chi connectivity index (χ2v) is 4.98. The summed E-state index contributed by atoms with van der Waals surface area (Å²) in [4.78, 5) is 12.7. The zero-order valence-corrected chi connectivity index (χ0v) is 10.9. The Bertz CT molecular complexity index is 574. The molecule has 0 bridgehead atoms. The van der Waals surface area contributed by atoms with Crippen LogP contribution >= 0.6 is 0 Å². The quantitative estimate of drug-likeness (QED) is 0.822. The molecule has 7 heteroatoms. The van der Waals surface area contributed by atoms with E-state index in [1.165, 1.54) is 6.26 Å². The molecule has 0 saturated heterocycles. The molecule has 0 amide bonds. The van der Waals surface area contributed by atoms with Gasteiger partial charge in [-0.2, -0.15) is 0 Å². The lowest BCUT2D eigenvalue weighted by Gasteiger charge is -2.17. The van der Waals surface area contributed by atoms with Crippen LogP contribution in [0.3, 0.4) is 0 Å². The van der Waals surface area contributed by atoms with Gasteiger partial charge in [-0.3, -0.25) is 9.69 Å². The molecule has 0 unspecified atom stereocenters. The van der Waals surface area contributed by atoms with E-state index in [2.05, 4.69) is 10.2 Å². The van der Waals surface area contributed by atoms with Crippen LogP contribution in [0.2, 0.25) is 0 Å². The van der Waals surface area contributed by atoms with Crippen molar-refractivity contribution in [2.45, 2.75) is 19.4 Å². The second kappa shape index (κ2) is 5.46. The van der Waals surface area contributed by atoms with Crippen molar-refractivity contribution in [2.75, 3.05) is 13.1 Å². The summed E-state index contributed by atoms with van der Waals surface area (Å²) in [5, 5.41) is 16.8. The van der Waals surface area contributed by atoms with Crippen LogP contribution in [-0.4, -0.2) is 39.3 Å². The Hall–Kier alpha value is -2.15. The lowest BCUT2D eigenvalue weighted by molar-refractivity contribution is -0.138. The molecule has 2 heterocycles. The number of carbonyl (C=O) groups is 1. The van der Waals surface area contributed by atoms with E-state index in [0.29, 0.717) is 30.0 Å². The van der Waals surface area contributed by atoms with Crippen molar-refractivity contribution in [2.24, 2.45) is 5.92 Å². The number of hydrogen-bond acceptors (Lipinski definition) is 6. The number of carboxylic acid groups (broad SMARTS) is 1. The number of furan rings is 1. The third kappa shape index (κ3) is 3.24. The molecule has 0 spiro atoms. The van der Waals surface area contributed by atoms with E-state index in [1.54, 1.807) is 12.1 Å². The molecule has 106 valence electrons. The van der Waals surface area contributed by atoms with E-state index in [4.69, 9.17) is 13.9 Å². The Kier molecular flexibility index (Phi) is 3.51. The van der Waals surface area contributed by atoms with Gasteiger partial charge in [0.1, 0.15) is 0 Å². The fraction of sp³-hybridized carbons (Fsp3) is 0.462. The van der Waals surface area contributed by atoms with Gasteiger partial charge in [0.15, 0.2) is 5.76 Å². The summed E-state index contributed by atoms with van der Waals surface area (Å²) in [5.41, 5.74) is 0. The van der Waals surface area contributed by atoms with Crippen molar-refractivity contribution in [1.29, 1.82) is 0 Å². The van der Waals surface area contributed by atoms with Gasteiger partial charge >= 0.3 is 5.97 Å². The first-order valence-corrected chi connectivity index (χ1v) is 6.51. The lowest BCUT2D eigenvalue weighted by Crippen LogP contribution is -2.31. The third-order valence-electron chi connectivity index (χ3n) is 3.13. The Labute approximate surface area is 115 Å². The smallest absolute Gasteiger partial charge is 0.317 e. The Morgan fingerprint density at radius 1 is 1.45 bits per heavy atom. The molecule has 1 fully saturated rings. The molecule has 1 aliphatic carbocycles. The topological polar surface area (TPSA) is 92.6 Å². The molecular formula is C13H15N3O4. The fourth-order valence-electron chi connectivity index (χ4n) is 2.05. The largest absolute Gasteiger partial charge is 0.480 e. The first kappa shape index (κ1) is 12.9. The Morgan fingerprint density at radius 2 is 2.30 bits per heavy atom. The van der Waals surface area contributed by atoms with Crippen molar-refractivity contribution in [3.8, 4) is 11.7 Å². The molecule has 0 aromatic carbocycles. The van der Waals surface area contributed by atoms with Crippen LogP contribution in [0.25, 0.3) is 11.7 Å². The van der Waals surface area contributed by atoms with Crippen LogP contribution in [0.4, 0.5) is 0 Å². The van der Waals surface area contributed by atoms with Crippen molar-refractivity contribution >= 4 is 5.97 Å². The molecule has 0 radical (unpaired) electrons. The number of hydrogen-bond donors (Lipinski definition) is 1. The summed E-state index contributed by atoms with van der Waals surface area (Å²) >= 11 is 0. The molecule has 3 rings (SSSR count). The predicted molar refractivity (Wildman–Crippen MR) is 67.6 cm³/mol. The van der Waals surface area contributed by atoms with Gasteiger partial charge in [-0.1, -0.05) is 0 Å². The maximum absolute atomic E-state index is 10.9. The minimum Gasteiger partial charge on any atom is -0.480 e. The lowest BCUT2D eigenvalue weighted by atomic mass is 10.3. The van der Waals surface area contributed by atoms with E-state index >= 15 is 0 Å². The van der Waals surface area contributed by atoms with Gasteiger partial charge in [-0.25, -0.2) is 0 Å². The third-order valence-corrected chi connectivity index (χ3v) is 3.13. The van der Waals surface area contributed by atoms with E-state index in [9.17, 15) is 4.79 Å². The zero-order chi connectivity index (χ0) is 13.9. The highest BCUT2D eigenvalue weighted by atomic mass is 16.4. The monoisotopic (exact) mass is 277 g/mol. The molecule has 1 saturated carbocycles. The molecule has 2 aromatic heterocycles. The van der Waals surface area contributed by atoms with Gasteiger partial charge in [0.05, 0.1) is 19.4 Å². The van der Waals surface area contributed by atoms with E-state index in [1.807, 2.05) is 4.90 Å².